The Morgan fingerprint density at radius 1 is 1.57 bits per heavy atom. The zero-order valence-corrected chi connectivity index (χ0v) is 9.42. The smallest absolute Gasteiger partial charge is 0.223 e. The van der Waals surface area contributed by atoms with E-state index in [9.17, 15) is 4.79 Å². The van der Waals surface area contributed by atoms with Crippen molar-refractivity contribution in [2.45, 2.75) is 39.7 Å². The van der Waals surface area contributed by atoms with E-state index in [1.54, 1.807) is 0 Å². The third kappa shape index (κ3) is 3.29. The normalized spacial score (nSPS) is 27.5. The lowest BCUT2D eigenvalue weighted by molar-refractivity contribution is -0.123. The van der Waals surface area contributed by atoms with E-state index in [0.29, 0.717) is 18.4 Å². The van der Waals surface area contributed by atoms with Gasteiger partial charge in [-0.1, -0.05) is 20.8 Å². The lowest BCUT2D eigenvalue weighted by atomic mass is 10.0. The van der Waals surface area contributed by atoms with Crippen molar-refractivity contribution in [1.82, 2.24) is 5.32 Å². The first kappa shape index (κ1) is 11.5. The van der Waals surface area contributed by atoms with Gasteiger partial charge in [0.25, 0.3) is 0 Å². The third-order valence-electron chi connectivity index (χ3n) is 2.83. The van der Waals surface area contributed by atoms with Crippen LogP contribution in [0.2, 0.25) is 0 Å². The molecule has 0 bridgehead atoms. The highest BCUT2D eigenvalue weighted by molar-refractivity contribution is 5.81. The fourth-order valence-corrected chi connectivity index (χ4v) is 1.78. The summed E-state index contributed by atoms with van der Waals surface area (Å²) in [5.41, 5.74) is 5.61. The topological polar surface area (TPSA) is 55.1 Å². The second-order valence-electron chi connectivity index (χ2n) is 4.89. The van der Waals surface area contributed by atoms with Gasteiger partial charge >= 0.3 is 0 Å². The van der Waals surface area contributed by atoms with Gasteiger partial charge in [-0.3, -0.25) is 4.79 Å². The fourth-order valence-electron chi connectivity index (χ4n) is 1.78. The molecule has 3 heteroatoms. The molecule has 82 valence electrons. The summed E-state index contributed by atoms with van der Waals surface area (Å²) in [7, 11) is 0. The SMILES string of the molecule is CC(C)CC(CN)NC(=O)C1CC1C. The molecule has 1 aliphatic carbocycles. The molecule has 0 aliphatic heterocycles. The van der Waals surface area contributed by atoms with Crippen LogP contribution in [0.3, 0.4) is 0 Å². The maximum Gasteiger partial charge on any atom is 0.223 e. The average molecular weight is 198 g/mol. The molecule has 14 heavy (non-hydrogen) atoms. The number of nitrogens with two attached hydrogens (primary N) is 1. The Bertz CT molecular complexity index is 203. The van der Waals surface area contributed by atoms with E-state index in [0.717, 1.165) is 12.8 Å². The lowest BCUT2D eigenvalue weighted by Gasteiger charge is -2.18. The summed E-state index contributed by atoms with van der Waals surface area (Å²) >= 11 is 0. The van der Waals surface area contributed by atoms with Gasteiger partial charge in [-0.2, -0.15) is 0 Å². The van der Waals surface area contributed by atoms with E-state index < -0.39 is 0 Å². The van der Waals surface area contributed by atoms with E-state index in [1.807, 2.05) is 0 Å². The van der Waals surface area contributed by atoms with Crippen LogP contribution >= 0.6 is 0 Å². The van der Waals surface area contributed by atoms with Crippen molar-refractivity contribution < 1.29 is 4.79 Å². The van der Waals surface area contributed by atoms with Crippen LogP contribution in [0.4, 0.5) is 0 Å². The van der Waals surface area contributed by atoms with Crippen LogP contribution in [0.25, 0.3) is 0 Å². The molecule has 0 aromatic rings. The van der Waals surface area contributed by atoms with Crippen molar-refractivity contribution in [3.63, 3.8) is 0 Å². The molecule has 1 rings (SSSR count). The number of carbonyl (C=O) groups excluding carboxylic acids is 1. The highest BCUT2D eigenvalue weighted by Gasteiger charge is 2.39. The molecule has 1 saturated carbocycles. The summed E-state index contributed by atoms with van der Waals surface area (Å²) in [6.45, 7) is 6.96. The van der Waals surface area contributed by atoms with Crippen LogP contribution in [0.15, 0.2) is 0 Å². The van der Waals surface area contributed by atoms with E-state index in [4.69, 9.17) is 5.73 Å². The van der Waals surface area contributed by atoms with E-state index >= 15 is 0 Å². The minimum atomic E-state index is 0.162. The Hall–Kier alpha value is -0.570. The van der Waals surface area contributed by atoms with Gasteiger partial charge < -0.3 is 11.1 Å². The summed E-state index contributed by atoms with van der Waals surface area (Å²) in [4.78, 5) is 11.6. The minimum Gasteiger partial charge on any atom is -0.352 e. The van der Waals surface area contributed by atoms with Gasteiger partial charge in [0.1, 0.15) is 0 Å². The summed E-state index contributed by atoms with van der Waals surface area (Å²) in [5, 5.41) is 3.03. The first-order valence-electron chi connectivity index (χ1n) is 5.55. The molecule has 3 N–H and O–H groups in total. The quantitative estimate of drug-likeness (QED) is 0.696. The van der Waals surface area contributed by atoms with Crippen LogP contribution < -0.4 is 11.1 Å². The molecule has 0 radical (unpaired) electrons. The number of amides is 1. The van der Waals surface area contributed by atoms with Crippen LogP contribution in [-0.4, -0.2) is 18.5 Å². The van der Waals surface area contributed by atoms with Gasteiger partial charge in [0.05, 0.1) is 0 Å². The first-order chi connectivity index (χ1) is 6.54. The van der Waals surface area contributed by atoms with Crippen LogP contribution in [0, 0.1) is 17.8 Å². The van der Waals surface area contributed by atoms with Crippen molar-refractivity contribution in [1.29, 1.82) is 0 Å². The number of rotatable bonds is 5. The predicted molar refractivity (Wildman–Crippen MR) is 57.7 cm³/mol. The number of hydrogen-bond donors (Lipinski definition) is 2. The van der Waals surface area contributed by atoms with E-state index in [2.05, 4.69) is 26.1 Å². The Morgan fingerprint density at radius 3 is 2.50 bits per heavy atom. The highest BCUT2D eigenvalue weighted by atomic mass is 16.2. The molecule has 1 aliphatic rings. The average Bonchev–Trinajstić information content (AvgIpc) is 2.80. The van der Waals surface area contributed by atoms with E-state index in [-0.39, 0.29) is 17.9 Å². The number of hydrogen-bond acceptors (Lipinski definition) is 2. The number of nitrogens with one attached hydrogen (secondary N) is 1. The number of carbonyl (C=O) groups is 1. The molecule has 3 unspecified atom stereocenters. The summed E-state index contributed by atoms with van der Waals surface area (Å²) in [6, 6.07) is 0.162. The van der Waals surface area contributed by atoms with Gasteiger partial charge in [-0.25, -0.2) is 0 Å². The van der Waals surface area contributed by atoms with Gasteiger partial charge in [0.15, 0.2) is 0 Å². The summed E-state index contributed by atoms with van der Waals surface area (Å²) in [5.74, 6) is 1.62. The minimum absolute atomic E-state index is 0.162. The highest BCUT2D eigenvalue weighted by Crippen LogP contribution is 2.37. The third-order valence-corrected chi connectivity index (χ3v) is 2.83. The molecule has 1 amide bonds. The molecular weight excluding hydrogens is 176 g/mol. The molecule has 3 atom stereocenters. The van der Waals surface area contributed by atoms with Gasteiger partial charge in [0, 0.05) is 18.5 Å². The largest absolute Gasteiger partial charge is 0.352 e. The van der Waals surface area contributed by atoms with Crippen molar-refractivity contribution >= 4 is 5.91 Å². The van der Waals surface area contributed by atoms with Crippen LogP contribution in [0.5, 0.6) is 0 Å². The molecule has 3 nitrogen and oxygen atoms in total. The maximum absolute atomic E-state index is 11.6. The second-order valence-corrected chi connectivity index (χ2v) is 4.89. The molecule has 0 aromatic heterocycles. The Morgan fingerprint density at radius 2 is 2.14 bits per heavy atom. The first-order valence-corrected chi connectivity index (χ1v) is 5.55. The van der Waals surface area contributed by atoms with Crippen molar-refractivity contribution in [2.24, 2.45) is 23.5 Å². The Kier molecular flexibility index (Phi) is 3.93. The Balaban J connectivity index is 2.29. The Labute approximate surface area is 86.4 Å². The molecule has 0 aromatic carbocycles. The van der Waals surface area contributed by atoms with Crippen molar-refractivity contribution in [3.05, 3.63) is 0 Å². The predicted octanol–water partition coefficient (Wildman–Crippen LogP) is 1.13. The van der Waals surface area contributed by atoms with Crippen LogP contribution in [-0.2, 0) is 4.79 Å². The molecule has 0 saturated heterocycles. The summed E-state index contributed by atoms with van der Waals surface area (Å²) < 4.78 is 0. The monoisotopic (exact) mass is 198 g/mol. The standard InChI is InChI=1S/C11H22N2O/c1-7(2)4-9(6-12)13-11(14)10-5-8(10)3/h7-10H,4-6,12H2,1-3H3,(H,13,14). The maximum atomic E-state index is 11.6. The zero-order chi connectivity index (χ0) is 10.7. The summed E-state index contributed by atoms with van der Waals surface area (Å²) in [6.07, 6.45) is 2.02. The lowest BCUT2D eigenvalue weighted by Crippen LogP contribution is -2.41. The van der Waals surface area contributed by atoms with E-state index in [1.165, 1.54) is 0 Å². The molecule has 0 spiro atoms. The molecule has 0 heterocycles. The zero-order valence-electron chi connectivity index (χ0n) is 9.42. The van der Waals surface area contributed by atoms with Gasteiger partial charge in [-0.05, 0) is 24.7 Å². The van der Waals surface area contributed by atoms with Crippen LogP contribution in [0.1, 0.15) is 33.6 Å². The second kappa shape index (κ2) is 4.78. The van der Waals surface area contributed by atoms with Gasteiger partial charge in [-0.15, -0.1) is 0 Å². The molecular formula is C11H22N2O. The van der Waals surface area contributed by atoms with Gasteiger partial charge in [0.2, 0.25) is 5.91 Å². The van der Waals surface area contributed by atoms with Crippen molar-refractivity contribution in [2.75, 3.05) is 6.54 Å². The molecule has 1 fully saturated rings. The van der Waals surface area contributed by atoms with Crippen molar-refractivity contribution in [3.8, 4) is 0 Å². The fraction of sp³-hybridized carbons (Fsp3) is 0.909.